The monoisotopic (exact) mass is 688 g/mol. The number of rotatable bonds is 6. The van der Waals surface area contributed by atoms with E-state index >= 15 is 0 Å². The summed E-state index contributed by atoms with van der Waals surface area (Å²) in [7, 11) is 0. The molecule has 0 aromatic heterocycles. The second-order valence-corrected chi connectivity index (χ2v) is 14.5. The van der Waals surface area contributed by atoms with Gasteiger partial charge >= 0.3 is 0 Å². The Labute approximate surface area is 311 Å². The summed E-state index contributed by atoms with van der Waals surface area (Å²) in [5.74, 6) is 1.66. The van der Waals surface area contributed by atoms with Gasteiger partial charge in [-0.25, -0.2) is 0 Å². The first-order valence-electron chi connectivity index (χ1n) is 18.8. The lowest BCUT2D eigenvalue weighted by atomic mass is 9.80. The standard InChI is InChI=1S/C48H40N4O/c1-4-12-33(13-5-1)41-30-42(51-47(50-41)36-16-8-3-9-17-36)34-24-20-31(21-25-34)32-22-26-37(27-23-32)48-52-46-43(53-48)29-28-39-44(46)38-18-10-11-19-40(38)49-45(39)35-14-6-2-7-15-35/h1-16,19-26,28-30,36-38,47-48,51-52H,17-18,27H2. The van der Waals surface area contributed by atoms with Crippen LogP contribution in [-0.4, -0.2) is 23.8 Å². The average Bonchev–Trinajstić information content (AvgIpc) is 3.69. The predicted octanol–water partition coefficient (Wildman–Crippen LogP) is 10.1. The Morgan fingerprint density at radius 2 is 1.45 bits per heavy atom. The fourth-order valence-electron chi connectivity index (χ4n) is 8.37. The van der Waals surface area contributed by atoms with Gasteiger partial charge in [0.1, 0.15) is 11.9 Å². The van der Waals surface area contributed by atoms with Gasteiger partial charge in [-0.1, -0.05) is 140 Å². The van der Waals surface area contributed by atoms with Crippen molar-refractivity contribution in [1.82, 2.24) is 5.32 Å². The summed E-state index contributed by atoms with van der Waals surface area (Å²) in [6.45, 7) is 0. The van der Waals surface area contributed by atoms with Crippen LogP contribution < -0.4 is 15.4 Å². The summed E-state index contributed by atoms with van der Waals surface area (Å²) in [5, 5.41) is 7.59. The van der Waals surface area contributed by atoms with Crippen LogP contribution in [0, 0.1) is 11.8 Å². The number of ether oxygens (including phenoxy) is 1. The molecule has 5 atom stereocenters. The number of aliphatic imine (C=N–C) groups is 2. The van der Waals surface area contributed by atoms with Crippen LogP contribution in [0.25, 0.3) is 11.3 Å². The van der Waals surface area contributed by atoms with Crippen molar-refractivity contribution in [3.8, 4) is 5.75 Å². The molecule has 3 aliphatic heterocycles. The quantitative estimate of drug-likeness (QED) is 0.212. The molecule has 4 aromatic carbocycles. The molecule has 0 amide bonds. The lowest BCUT2D eigenvalue weighted by Crippen LogP contribution is -2.36. The van der Waals surface area contributed by atoms with Gasteiger partial charge in [-0.2, -0.15) is 0 Å². The molecule has 3 heterocycles. The van der Waals surface area contributed by atoms with E-state index in [2.05, 4.69) is 175 Å². The second kappa shape index (κ2) is 13.4. The van der Waals surface area contributed by atoms with E-state index in [1.165, 1.54) is 22.3 Å². The first-order chi connectivity index (χ1) is 26.2. The molecule has 0 radical (unpaired) electrons. The minimum atomic E-state index is -0.134. The maximum Gasteiger partial charge on any atom is 0.176 e. The maximum atomic E-state index is 6.65. The van der Waals surface area contributed by atoms with Gasteiger partial charge in [0.25, 0.3) is 0 Å². The van der Waals surface area contributed by atoms with Crippen molar-refractivity contribution in [3.05, 3.63) is 203 Å². The highest BCUT2D eigenvalue weighted by molar-refractivity contribution is 6.16. The average molecular weight is 689 g/mol. The Bertz CT molecular complexity index is 2360. The van der Waals surface area contributed by atoms with Crippen molar-refractivity contribution in [2.45, 2.75) is 37.6 Å². The van der Waals surface area contributed by atoms with Gasteiger partial charge in [0.05, 0.1) is 17.1 Å². The highest BCUT2D eigenvalue weighted by Gasteiger charge is 2.37. The number of hydrogen-bond donors (Lipinski definition) is 2. The van der Waals surface area contributed by atoms with E-state index in [0.717, 1.165) is 70.2 Å². The Balaban J connectivity index is 0.863. The number of allylic oxidation sites excluding steroid dienone is 11. The zero-order chi connectivity index (χ0) is 35.1. The van der Waals surface area contributed by atoms with Crippen LogP contribution in [0.1, 0.15) is 58.6 Å². The van der Waals surface area contributed by atoms with Gasteiger partial charge in [-0.05, 0) is 71.4 Å². The van der Waals surface area contributed by atoms with Crippen LogP contribution in [0.15, 0.2) is 180 Å². The van der Waals surface area contributed by atoms with Crippen molar-refractivity contribution in [3.63, 3.8) is 0 Å². The molecule has 3 aliphatic carbocycles. The largest absolute Gasteiger partial charge is 0.468 e. The fraction of sp³-hybridized carbons (Fsp3) is 0.167. The van der Waals surface area contributed by atoms with Crippen molar-refractivity contribution in [1.29, 1.82) is 0 Å². The summed E-state index contributed by atoms with van der Waals surface area (Å²) < 4.78 is 6.65. The molecule has 0 saturated heterocycles. The van der Waals surface area contributed by atoms with Crippen LogP contribution in [0.3, 0.4) is 0 Å². The normalized spacial score (nSPS) is 24.9. The van der Waals surface area contributed by atoms with Crippen molar-refractivity contribution >= 4 is 28.4 Å². The summed E-state index contributed by atoms with van der Waals surface area (Å²) in [6.07, 6.45) is 27.1. The van der Waals surface area contributed by atoms with E-state index in [9.17, 15) is 0 Å². The SMILES string of the molecule is C1=CCC2C(=C1)N=C(c1ccccc1)c1ccc3c(c12)NC(C1C=CC(c2ccc(C4=CC(c5ccccc5)=NC(C5C=CC=CC5)N4)cc2)=CC1)O3. The van der Waals surface area contributed by atoms with Crippen LogP contribution in [0.4, 0.5) is 5.69 Å². The van der Waals surface area contributed by atoms with Crippen molar-refractivity contribution < 1.29 is 4.74 Å². The minimum Gasteiger partial charge on any atom is -0.468 e. The molecule has 0 bridgehead atoms. The summed E-state index contributed by atoms with van der Waals surface area (Å²) in [6, 6.07) is 34.3. The topological polar surface area (TPSA) is 58.0 Å². The van der Waals surface area contributed by atoms with E-state index in [0.29, 0.717) is 5.92 Å². The van der Waals surface area contributed by atoms with Crippen LogP contribution >= 0.6 is 0 Å². The van der Waals surface area contributed by atoms with Gasteiger partial charge in [-0.15, -0.1) is 0 Å². The third-order valence-electron chi connectivity index (χ3n) is 11.2. The van der Waals surface area contributed by atoms with Crippen LogP contribution in [0.5, 0.6) is 5.75 Å². The highest BCUT2D eigenvalue weighted by Crippen LogP contribution is 2.49. The molecule has 5 nitrogen and oxygen atoms in total. The van der Waals surface area contributed by atoms with Gasteiger partial charge in [0.15, 0.2) is 6.23 Å². The third kappa shape index (κ3) is 5.92. The Morgan fingerprint density at radius 1 is 0.660 bits per heavy atom. The number of fused-ring (bicyclic) bond motifs is 5. The Kier molecular flexibility index (Phi) is 7.98. The molecular formula is C48H40N4O. The molecule has 258 valence electrons. The molecule has 0 spiro atoms. The van der Waals surface area contributed by atoms with Crippen LogP contribution in [-0.2, 0) is 0 Å². The smallest absolute Gasteiger partial charge is 0.176 e. The zero-order valence-corrected chi connectivity index (χ0v) is 29.4. The Morgan fingerprint density at radius 3 is 2.23 bits per heavy atom. The third-order valence-corrected chi connectivity index (χ3v) is 11.2. The predicted molar refractivity (Wildman–Crippen MR) is 217 cm³/mol. The summed E-state index contributed by atoms with van der Waals surface area (Å²) in [5.41, 5.74) is 13.8. The zero-order valence-electron chi connectivity index (χ0n) is 29.4. The van der Waals surface area contributed by atoms with Crippen molar-refractivity contribution in [2.75, 3.05) is 5.32 Å². The number of benzene rings is 4. The summed E-state index contributed by atoms with van der Waals surface area (Å²) in [4.78, 5) is 10.3. The molecule has 5 unspecified atom stereocenters. The van der Waals surface area contributed by atoms with Crippen molar-refractivity contribution in [2.24, 2.45) is 21.8 Å². The maximum absolute atomic E-state index is 6.65. The van der Waals surface area contributed by atoms with E-state index in [1.54, 1.807) is 0 Å². The molecule has 5 heteroatoms. The molecular weight excluding hydrogens is 649 g/mol. The van der Waals surface area contributed by atoms with E-state index in [1.807, 2.05) is 0 Å². The second-order valence-electron chi connectivity index (χ2n) is 14.5. The minimum absolute atomic E-state index is 0.0212. The number of nitrogens with one attached hydrogen (secondary N) is 2. The van der Waals surface area contributed by atoms with E-state index < -0.39 is 0 Å². The molecule has 0 saturated carbocycles. The Hall–Kier alpha value is -6.20. The molecule has 2 N–H and O–H groups in total. The molecule has 10 rings (SSSR count). The lowest BCUT2D eigenvalue weighted by molar-refractivity contribution is 0.204. The molecule has 53 heavy (non-hydrogen) atoms. The van der Waals surface area contributed by atoms with Crippen LogP contribution in [0.2, 0.25) is 0 Å². The molecule has 0 fully saturated rings. The van der Waals surface area contributed by atoms with Gasteiger partial charge < -0.3 is 15.4 Å². The van der Waals surface area contributed by atoms with E-state index in [-0.39, 0.29) is 24.2 Å². The lowest BCUT2D eigenvalue weighted by Gasteiger charge is -2.30. The number of nitrogens with zero attached hydrogens (tertiary/aromatic N) is 2. The van der Waals surface area contributed by atoms with Gasteiger partial charge in [0, 0.05) is 40.3 Å². The number of anilines is 1. The first-order valence-corrected chi connectivity index (χ1v) is 18.8. The van der Waals surface area contributed by atoms with E-state index in [4.69, 9.17) is 14.7 Å². The van der Waals surface area contributed by atoms with Gasteiger partial charge in [0.2, 0.25) is 0 Å². The molecule has 4 aromatic rings. The fourth-order valence-corrected chi connectivity index (χ4v) is 8.37. The summed E-state index contributed by atoms with van der Waals surface area (Å²) >= 11 is 0. The van der Waals surface area contributed by atoms with Gasteiger partial charge in [-0.3, -0.25) is 9.98 Å². The first kappa shape index (κ1) is 31.5. The molecule has 6 aliphatic rings. The highest BCUT2D eigenvalue weighted by atomic mass is 16.5. The number of hydrogen-bond acceptors (Lipinski definition) is 5.